The summed E-state index contributed by atoms with van der Waals surface area (Å²) in [6.45, 7) is 5.12. The van der Waals surface area contributed by atoms with Crippen LogP contribution in [0.4, 0.5) is 0 Å². The fourth-order valence-corrected chi connectivity index (χ4v) is 5.59. The largest absolute Gasteiger partial charge is 0.464 e. The number of ether oxygens (including phenoxy) is 2. The number of thiophene rings is 1. The van der Waals surface area contributed by atoms with E-state index in [4.69, 9.17) is 9.47 Å². The fraction of sp³-hybridized carbons (Fsp3) is 0.286. The predicted octanol–water partition coefficient (Wildman–Crippen LogP) is 4.41. The van der Waals surface area contributed by atoms with Crippen LogP contribution in [0.15, 0.2) is 72.1 Å². The smallest absolute Gasteiger partial charge is 0.344 e. The Kier molecular flexibility index (Phi) is 7.35. The van der Waals surface area contributed by atoms with Crippen molar-refractivity contribution in [3.63, 3.8) is 0 Å². The Morgan fingerprint density at radius 3 is 1.97 bits per heavy atom. The lowest BCUT2D eigenvalue weighted by molar-refractivity contribution is -0.189. The van der Waals surface area contributed by atoms with Gasteiger partial charge in [-0.1, -0.05) is 54.1 Å². The third kappa shape index (κ3) is 4.11. The van der Waals surface area contributed by atoms with Crippen LogP contribution in [0, 0.1) is 6.92 Å². The van der Waals surface area contributed by atoms with Crippen LogP contribution in [0.2, 0.25) is 0 Å². The molecule has 1 amide bonds. The summed E-state index contributed by atoms with van der Waals surface area (Å²) in [4.78, 5) is 56.8. The maximum Gasteiger partial charge on any atom is 0.344 e. The first-order valence-corrected chi connectivity index (χ1v) is 12.6. The molecule has 1 aromatic heterocycles. The van der Waals surface area contributed by atoms with Crippen LogP contribution in [0.5, 0.6) is 0 Å². The van der Waals surface area contributed by atoms with Crippen LogP contribution in [-0.2, 0) is 19.1 Å². The van der Waals surface area contributed by atoms with Gasteiger partial charge in [-0.05, 0) is 44.4 Å². The number of amides is 1. The molecule has 7 nitrogen and oxygen atoms in total. The number of likely N-dealkylation sites (tertiary alicyclic amines) is 1. The van der Waals surface area contributed by atoms with Crippen molar-refractivity contribution >= 4 is 35.0 Å². The first-order valence-electron chi connectivity index (χ1n) is 11.7. The average molecular weight is 506 g/mol. The van der Waals surface area contributed by atoms with E-state index in [0.717, 1.165) is 10.5 Å². The maximum atomic E-state index is 13.9. The molecule has 0 spiro atoms. The van der Waals surface area contributed by atoms with Crippen molar-refractivity contribution in [3.8, 4) is 0 Å². The molecule has 1 saturated heterocycles. The summed E-state index contributed by atoms with van der Waals surface area (Å²) in [6.07, 6.45) is 0. The van der Waals surface area contributed by atoms with Crippen molar-refractivity contribution < 1.29 is 28.7 Å². The number of nitrogens with zero attached hydrogens (tertiary/aromatic N) is 1. The number of hydrogen-bond acceptors (Lipinski definition) is 7. The molecule has 2 heterocycles. The van der Waals surface area contributed by atoms with E-state index >= 15 is 0 Å². The first-order chi connectivity index (χ1) is 17.4. The predicted molar refractivity (Wildman–Crippen MR) is 135 cm³/mol. The molecular formula is C28H27NO6S. The molecule has 3 aromatic rings. The van der Waals surface area contributed by atoms with Gasteiger partial charge in [0.05, 0.1) is 19.1 Å². The van der Waals surface area contributed by atoms with Gasteiger partial charge in [0.25, 0.3) is 5.91 Å². The Morgan fingerprint density at radius 1 is 0.833 bits per heavy atom. The maximum absolute atomic E-state index is 13.9. The van der Waals surface area contributed by atoms with Gasteiger partial charge in [-0.25, -0.2) is 9.59 Å². The Bertz CT molecular complexity index is 1230. The summed E-state index contributed by atoms with van der Waals surface area (Å²) in [5.74, 6) is -3.81. The Labute approximate surface area is 213 Å². The van der Waals surface area contributed by atoms with Gasteiger partial charge in [0.15, 0.2) is 5.78 Å². The van der Waals surface area contributed by atoms with Crippen molar-refractivity contribution in [1.29, 1.82) is 0 Å². The summed E-state index contributed by atoms with van der Waals surface area (Å²) in [7, 11) is 0. The van der Waals surface area contributed by atoms with E-state index in [-0.39, 0.29) is 24.6 Å². The molecule has 2 atom stereocenters. The number of rotatable bonds is 8. The highest BCUT2D eigenvalue weighted by atomic mass is 32.1. The van der Waals surface area contributed by atoms with Gasteiger partial charge in [0.1, 0.15) is 6.04 Å². The van der Waals surface area contributed by atoms with E-state index in [1.54, 1.807) is 86.0 Å². The van der Waals surface area contributed by atoms with E-state index in [2.05, 4.69) is 0 Å². The second-order valence-electron chi connectivity index (χ2n) is 8.42. The van der Waals surface area contributed by atoms with Crippen LogP contribution in [0.1, 0.15) is 50.9 Å². The molecule has 0 radical (unpaired) electrons. The zero-order chi connectivity index (χ0) is 25.9. The molecule has 2 aromatic carbocycles. The van der Waals surface area contributed by atoms with Crippen molar-refractivity contribution in [1.82, 2.24) is 4.90 Å². The molecule has 0 saturated carbocycles. The zero-order valence-corrected chi connectivity index (χ0v) is 21.1. The van der Waals surface area contributed by atoms with E-state index < -0.39 is 35.3 Å². The van der Waals surface area contributed by atoms with Crippen LogP contribution in [0.25, 0.3) is 0 Å². The molecule has 0 unspecified atom stereocenters. The fourth-order valence-electron chi connectivity index (χ4n) is 4.67. The monoisotopic (exact) mass is 505 g/mol. The van der Waals surface area contributed by atoms with E-state index in [0.29, 0.717) is 10.4 Å². The van der Waals surface area contributed by atoms with E-state index in [9.17, 15) is 19.2 Å². The lowest BCUT2D eigenvalue weighted by Gasteiger charge is -2.58. The molecule has 1 fully saturated rings. The topological polar surface area (TPSA) is 90.0 Å². The number of esters is 2. The zero-order valence-electron chi connectivity index (χ0n) is 20.3. The number of hydrogen-bond donors (Lipinski definition) is 0. The third-order valence-electron chi connectivity index (χ3n) is 6.29. The molecular weight excluding hydrogens is 478 g/mol. The molecule has 1 aliphatic heterocycles. The van der Waals surface area contributed by atoms with Gasteiger partial charge in [-0.3, -0.25) is 9.59 Å². The first kappa shape index (κ1) is 25.3. The summed E-state index contributed by atoms with van der Waals surface area (Å²) >= 11 is 1.30. The standard InChI is InChI=1S/C28H27NO6S/c1-4-34-26(32)28(27(33)35-5-2)22(21-12-9-17-36-21)23(24(30)19-15-13-18(3)14-16-19)29(28)25(31)20-10-7-6-8-11-20/h6-17,22-23H,4-5H2,1-3H3/t22-,23+/m1/s1. The van der Waals surface area contributed by atoms with Crippen LogP contribution in [-0.4, -0.2) is 53.3 Å². The van der Waals surface area contributed by atoms with Crippen LogP contribution >= 0.6 is 11.3 Å². The van der Waals surface area contributed by atoms with Gasteiger partial charge in [-0.2, -0.15) is 0 Å². The van der Waals surface area contributed by atoms with Gasteiger partial charge >= 0.3 is 11.9 Å². The van der Waals surface area contributed by atoms with Gasteiger partial charge in [0.2, 0.25) is 5.54 Å². The van der Waals surface area contributed by atoms with Crippen LogP contribution in [0.3, 0.4) is 0 Å². The highest BCUT2D eigenvalue weighted by Gasteiger charge is 2.75. The Morgan fingerprint density at radius 2 is 1.44 bits per heavy atom. The van der Waals surface area contributed by atoms with E-state index in [1.807, 2.05) is 6.92 Å². The van der Waals surface area contributed by atoms with Crippen molar-refractivity contribution in [3.05, 3.63) is 93.7 Å². The van der Waals surface area contributed by atoms with Crippen molar-refractivity contribution in [2.75, 3.05) is 13.2 Å². The number of aryl methyl sites for hydroxylation is 1. The second kappa shape index (κ2) is 10.5. The van der Waals surface area contributed by atoms with Gasteiger partial charge in [0, 0.05) is 16.0 Å². The highest BCUT2D eigenvalue weighted by molar-refractivity contribution is 7.10. The minimum Gasteiger partial charge on any atom is -0.464 e. The Balaban J connectivity index is 1.95. The molecule has 36 heavy (non-hydrogen) atoms. The number of benzene rings is 2. The molecule has 4 rings (SSSR count). The number of ketones is 1. The molecule has 0 N–H and O–H groups in total. The SMILES string of the molecule is CCOC(=O)C1(C(=O)OCC)[C@H](c2cccs2)[C@@H](C(=O)c2ccc(C)cc2)N1C(=O)c1ccccc1. The van der Waals surface area contributed by atoms with E-state index in [1.165, 1.54) is 11.3 Å². The van der Waals surface area contributed by atoms with Crippen molar-refractivity contribution in [2.24, 2.45) is 0 Å². The third-order valence-corrected chi connectivity index (χ3v) is 7.25. The van der Waals surface area contributed by atoms with Gasteiger partial charge in [-0.15, -0.1) is 11.3 Å². The molecule has 1 aliphatic rings. The van der Waals surface area contributed by atoms with Crippen molar-refractivity contribution in [2.45, 2.75) is 38.3 Å². The molecule has 186 valence electrons. The number of carbonyl (C=O) groups excluding carboxylic acids is 4. The average Bonchev–Trinajstić information content (AvgIpc) is 3.39. The normalized spacial score (nSPS) is 18.1. The molecule has 8 heteroatoms. The van der Waals surface area contributed by atoms with Gasteiger partial charge < -0.3 is 14.4 Å². The number of Topliss-reactive ketones (excluding diaryl/α,β-unsaturated/α-hetero) is 1. The minimum atomic E-state index is -2.14. The molecule has 0 bridgehead atoms. The second-order valence-corrected chi connectivity index (χ2v) is 9.40. The summed E-state index contributed by atoms with van der Waals surface area (Å²) in [5, 5.41) is 1.80. The quantitative estimate of drug-likeness (QED) is 0.256. The summed E-state index contributed by atoms with van der Waals surface area (Å²) in [5.41, 5.74) is -0.560. The summed E-state index contributed by atoms with van der Waals surface area (Å²) < 4.78 is 10.7. The lowest BCUT2D eigenvalue weighted by atomic mass is 9.64. The number of carbonyl (C=O) groups is 4. The van der Waals surface area contributed by atoms with Crippen LogP contribution < -0.4 is 0 Å². The minimum absolute atomic E-state index is 0.0128. The Hall–Kier alpha value is -3.78. The lowest BCUT2D eigenvalue weighted by Crippen LogP contribution is -2.81. The molecule has 0 aliphatic carbocycles. The summed E-state index contributed by atoms with van der Waals surface area (Å²) in [6, 6.07) is 17.6. The highest BCUT2D eigenvalue weighted by Crippen LogP contribution is 2.53.